The third kappa shape index (κ3) is 3.58. The molecule has 1 aromatic carbocycles. The molecule has 0 radical (unpaired) electrons. The predicted molar refractivity (Wildman–Crippen MR) is 110 cm³/mol. The van der Waals surface area contributed by atoms with Crippen LogP contribution in [0.15, 0.2) is 24.3 Å². The number of likely N-dealkylation sites (tertiary alicyclic amines) is 1. The highest BCUT2D eigenvalue weighted by molar-refractivity contribution is 7.17. The van der Waals surface area contributed by atoms with Crippen LogP contribution < -0.4 is 0 Å². The number of halogens is 1. The topological polar surface area (TPSA) is 53.7 Å². The van der Waals surface area contributed by atoms with Gasteiger partial charge in [-0.25, -0.2) is 4.98 Å². The molecule has 27 heavy (non-hydrogen) atoms. The minimum atomic E-state index is -0.0486. The van der Waals surface area contributed by atoms with Gasteiger partial charge in [-0.05, 0) is 36.0 Å². The van der Waals surface area contributed by atoms with E-state index in [2.05, 4.69) is 34.9 Å². The van der Waals surface area contributed by atoms with Crippen molar-refractivity contribution in [1.82, 2.24) is 19.5 Å². The van der Waals surface area contributed by atoms with Crippen LogP contribution in [0.3, 0.4) is 0 Å². The van der Waals surface area contributed by atoms with E-state index in [1.165, 1.54) is 17.8 Å². The molecule has 1 N–H and O–H groups in total. The van der Waals surface area contributed by atoms with E-state index in [1.807, 2.05) is 25.1 Å². The first-order chi connectivity index (χ1) is 13.0. The van der Waals surface area contributed by atoms with Crippen LogP contribution in [-0.2, 0) is 6.42 Å². The van der Waals surface area contributed by atoms with Gasteiger partial charge >= 0.3 is 0 Å². The maximum Gasteiger partial charge on any atom is 0.230 e. The van der Waals surface area contributed by atoms with Gasteiger partial charge in [0.1, 0.15) is 0 Å². The minimum absolute atomic E-state index is 0.0486. The van der Waals surface area contributed by atoms with Gasteiger partial charge in [0.25, 0.3) is 0 Å². The summed E-state index contributed by atoms with van der Waals surface area (Å²) in [5.74, 6) is 2.18. The number of fused-ring (bicyclic) bond motifs is 1. The molecule has 144 valence electrons. The van der Waals surface area contributed by atoms with Crippen LogP contribution in [0, 0.1) is 11.8 Å². The fraction of sp³-hybridized carbons (Fsp3) is 0.500. The largest absolute Gasteiger partial charge is 0.492 e. The molecule has 5 nitrogen and oxygen atoms in total. The monoisotopic (exact) mass is 404 g/mol. The molecule has 1 fully saturated rings. The summed E-state index contributed by atoms with van der Waals surface area (Å²) in [6.45, 7) is 8.61. The Balaban J connectivity index is 1.82. The maximum atomic E-state index is 11.0. The number of benzene rings is 1. The second-order valence-electron chi connectivity index (χ2n) is 7.72. The quantitative estimate of drug-likeness (QED) is 0.679. The van der Waals surface area contributed by atoms with Gasteiger partial charge in [-0.3, -0.25) is 4.90 Å². The van der Waals surface area contributed by atoms with E-state index in [4.69, 9.17) is 11.6 Å². The smallest absolute Gasteiger partial charge is 0.230 e. The Kier molecular flexibility index (Phi) is 5.14. The van der Waals surface area contributed by atoms with E-state index in [0.29, 0.717) is 16.9 Å². The van der Waals surface area contributed by atoms with E-state index >= 15 is 0 Å². The first kappa shape index (κ1) is 18.7. The van der Waals surface area contributed by atoms with Gasteiger partial charge in [-0.1, -0.05) is 55.8 Å². The number of hydrogen-bond donors (Lipinski definition) is 1. The van der Waals surface area contributed by atoms with Crippen molar-refractivity contribution in [3.8, 4) is 5.88 Å². The van der Waals surface area contributed by atoms with Crippen molar-refractivity contribution in [3.63, 3.8) is 0 Å². The van der Waals surface area contributed by atoms with Crippen LogP contribution in [0.25, 0.3) is 4.96 Å². The van der Waals surface area contributed by atoms with Crippen molar-refractivity contribution in [2.24, 2.45) is 11.8 Å². The van der Waals surface area contributed by atoms with E-state index in [9.17, 15) is 5.11 Å². The van der Waals surface area contributed by atoms with E-state index < -0.39 is 0 Å². The summed E-state index contributed by atoms with van der Waals surface area (Å²) in [6, 6.07) is 7.91. The standard InChI is InChI=1S/C20H25ClN4OS/c1-4-16-22-20-25(23-16)19(26)18(27-20)17(14-6-5-7-15(21)9-14)24-10-12(2)8-13(3)11-24/h5-7,9,12-13,17,26H,4,8,10-11H2,1-3H3/t12-,13+,17-/m0/s1. The summed E-state index contributed by atoms with van der Waals surface area (Å²) >= 11 is 7.82. The zero-order chi connectivity index (χ0) is 19.1. The Morgan fingerprint density at radius 2 is 2.04 bits per heavy atom. The summed E-state index contributed by atoms with van der Waals surface area (Å²) < 4.78 is 1.58. The van der Waals surface area contributed by atoms with Crippen molar-refractivity contribution in [1.29, 1.82) is 0 Å². The molecule has 3 heterocycles. The van der Waals surface area contributed by atoms with Crippen molar-refractivity contribution in [2.45, 2.75) is 39.7 Å². The highest BCUT2D eigenvalue weighted by Gasteiger charge is 2.33. The maximum absolute atomic E-state index is 11.0. The summed E-state index contributed by atoms with van der Waals surface area (Å²) in [5.41, 5.74) is 1.10. The molecule has 0 unspecified atom stereocenters. The third-order valence-electron chi connectivity index (χ3n) is 5.23. The molecule has 0 spiro atoms. The zero-order valence-electron chi connectivity index (χ0n) is 15.9. The highest BCUT2D eigenvalue weighted by atomic mass is 35.5. The molecule has 4 rings (SSSR count). The molecule has 0 bridgehead atoms. The van der Waals surface area contributed by atoms with E-state index in [0.717, 1.165) is 40.7 Å². The molecular weight excluding hydrogens is 380 g/mol. The Labute approximate surface area is 168 Å². The van der Waals surface area contributed by atoms with Crippen molar-refractivity contribution >= 4 is 27.9 Å². The molecule has 0 amide bonds. The average molecular weight is 405 g/mol. The van der Waals surface area contributed by atoms with Gasteiger partial charge in [0.15, 0.2) is 5.82 Å². The molecule has 1 aliphatic rings. The number of hydrogen-bond acceptors (Lipinski definition) is 5. The average Bonchev–Trinajstić information content (AvgIpc) is 3.14. The Hall–Kier alpha value is -1.63. The number of aromatic hydroxyl groups is 1. The molecular formula is C20H25ClN4OS. The van der Waals surface area contributed by atoms with Gasteiger partial charge in [0.05, 0.1) is 10.9 Å². The Bertz CT molecular complexity index is 943. The third-order valence-corrected chi connectivity index (χ3v) is 6.54. The lowest BCUT2D eigenvalue weighted by atomic mass is 9.89. The van der Waals surface area contributed by atoms with Crippen LogP contribution in [0.5, 0.6) is 5.88 Å². The lowest BCUT2D eigenvalue weighted by molar-refractivity contribution is 0.112. The highest BCUT2D eigenvalue weighted by Crippen LogP contribution is 2.42. The Morgan fingerprint density at radius 1 is 1.30 bits per heavy atom. The first-order valence-electron chi connectivity index (χ1n) is 9.53. The SMILES string of the molecule is CCc1nc2sc([C@H](c3cccc(Cl)c3)N3C[C@H](C)C[C@H](C)C3)c(O)n2n1. The number of aromatic nitrogens is 3. The molecule has 3 aromatic rings. The van der Waals surface area contributed by atoms with Crippen LogP contribution in [0.4, 0.5) is 0 Å². The lowest BCUT2D eigenvalue weighted by Gasteiger charge is -2.40. The number of nitrogens with zero attached hydrogens (tertiary/aromatic N) is 4. The second kappa shape index (κ2) is 7.41. The fourth-order valence-electron chi connectivity index (χ4n) is 4.25. The van der Waals surface area contributed by atoms with Crippen LogP contribution >= 0.6 is 22.9 Å². The molecule has 3 atom stereocenters. The van der Waals surface area contributed by atoms with Crippen LogP contribution in [0.1, 0.15) is 49.5 Å². The van der Waals surface area contributed by atoms with Gasteiger partial charge in [0.2, 0.25) is 10.8 Å². The minimum Gasteiger partial charge on any atom is -0.492 e. The molecule has 0 saturated carbocycles. The molecule has 1 aliphatic heterocycles. The molecule has 1 saturated heterocycles. The van der Waals surface area contributed by atoms with E-state index in [-0.39, 0.29) is 11.9 Å². The fourth-order valence-corrected chi connectivity index (χ4v) is 5.58. The molecule has 7 heteroatoms. The summed E-state index contributed by atoms with van der Waals surface area (Å²) in [7, 11) is 0. The number of rotatable bonds is 4. The second-order valence-corrected chi connectivity index (χ2v) is 9.17. The summed E-state index contributed by atoms with van der Waals surface area (Å²) in [4.78, 5) is 8.64. The first-order valence-corrected chi connectivity index (χ1v) is 10.7. The summed E-state index contributed by atoms with van der Waals surface area (Å²) in [6.07, 6.45) is 1.99. The van der Waals surface area contributed by atoms with Gasteiger partial charge < -0.3 is 5.11 Å². The van der Waals surface area contributed by atoms with Crippen LogP contribution in [0.2, 0.25) is 5.02 Å². The number of aryl methyl sites for hydroxylation is 1. The van der Waals surface area contributed by atoms with Crippen molar-refractivity contribution in [2.75, 3.05) is 13.1 Å². The van der Waals surface area contributed by atoms with Crippen molar-refractivity contribution < 1.29 is 5.11 Å². The molecule has 2 aromatic heterocycles. The predicted octanol–water partition coefficient (Wildman–Crippen LogP) is 4.78. The van der Waals surface area contributed by atoms with E-state index in [1.54, 1.807) is 4.52 Å². The van der Waals surface area contributed by atoms with Gasteiger partial charge in [0, 0.05) is 24.5 Å². The number of piperidine rings is 1. The lowest BCUT2D eigenvalue weighted by Crippen LogP contribution is -2.41. The molecule has 0 aliphatic carbocycles. The zero-order valence-corrected chi connectivity index (χ0v) is 17.5. The van der Waals surface area contributed by atoms with Gasteiger partial charge in [-0.2, -0.15) is 4.52 Å². The van der Waals surface area contributed by atoms with Crippen LogP contribution in [-0.4, -0.2) is 37.7 Å². The van der Waals surface area contributed by atoms with Gasteiger partial charge in [-0.15, -0.1) is 5.10 Å². The summed E-state index contributed by atoms with van der Waals surface area (Å²) in [5, 5.41) is 16.1. The number of thiazole rings is 1. The normalized spacial score (nSPS) is 22.4. The Morgan fingerprint density at radius 3 is 2.67 bits per heavy atom. The van der Waals surface area contributed by atoms with Crippen molar-refractivity contribution in [3.05, 3.63) is 45.6 Å².